The van der Waals surface area contributed by atoms with Gasteiger partial charge in [-0.05, 0) is 17.3 Å². The molecule has 102 valence electrons. The Morgan fingerprint density at radius 3 is 1.58 bits per heavy atom. The van der Waals surface area contributed by atoms with E-state index in [4.69, 9.17) is 0 Å². The number of carbonyl (C=O) groups is 1. The van der Waals surface area contributed by atoms with Crippen LogP contribution in [0.4, 0.5) is 0 Å². The summed E-state index contributed by atoms with van der Waals surface area (Å²) >= 11 is 0. The minimum atomic E-state index is -0.993. The summed E-state index contributed by atoms with van der Waals surface area (Å²) < 4.78 is 0. The number of carboxylic acids is 1. The maximum absolute atomic E-state index is 11.8. The van der Waals surface area contributed by atoms with Gasteiger partial charge in [0.2, 0.25) is 0 Å². The van der Waals surface area contributed by atoms with E-state index >= 15 is 0 Å². The van der Waals surface area contributed by atoms with Crippen molar-refractivity contribution in [3.05, 3.63) is 71.8 Å². The van der Waals surface area contributed by atoms with Crippen LogP contribution in [0.1, 0.15) is 11.1 Å². The molecule has 1 N–H and O–H groups in total. The van der Waals surface area contributed by atoms with Crippen molar-refractivity contribution in [2.24, 2.45) is 0 Å². The van der Waals surface area contributed by atoms with Crippen LogP contribution in [0.2, 0.25) is 0 Å². The quantitative estimate of drug-likeness (QED) is 0.695. The third-order valence-corrected chi connectivity index (χ3v) is 3.82. The average Bonchev–Trinajstić information content (AvgIpc) is 2.42. The summed E-state index contributed by atoms with van der Waals surface area (Å²) in [7, 11) is 2.56. The standard InChI is InChI=1S/C15H15O2P.Ni/c16-14(17)15(11-18,12-7-3-1-4-8-12)13-9-5-2-6-10-13;/h1-10H,11,18H2,(H,16,17);. The van der Waals surface area contributed by atoms with E-state index in [-0.39, 0.29) is 16.5 Å². The van der Waals surface area contributed by atoms with Crippen LogP contribution in [0.5, 0.6) is 0 Å². The Balaban J connectivity index is 0.00000180. The van der Waals surface area contributed by atoms with Gasteiger partial charge in [-0.15, -0.1) is 9.24 Å². The van der Waals surface area contributed by atoms with E-state index in [1.54, 1.807) is 0 Å². The number of hydrogen-bond acceptors (Lipinski definition) is 1. The molecule has 2 aromatic carbocycles. The van der Waals surface area contributed by atoms with Gasteiger partial charge >= 0.3 is 5.97 Å². The molecule has 0 aromatic heterocycles. The van der Waals surface area contributed by atoms with Crippen LogP contribution in [0.25, 0.3) is 0 Å². The topological polar surface area (TPSA) is 37.3 Å². The minimum Gasteiger partial charge on any atom is -0.480 e. The van der Waals surface area contributed by atoms with Gasteiger partial charge in [0.15, 0.2) is 0 Å². The second kappa shape index (κ2) is 6.84. The number of aliphatic carboxylic acids is 1. The van der Waals surface area contributed by atoms with Crippen molar-refractivity contribution in [3.63, 3.8) is 0 Å². The van der Waals surface area contributed by atoms with E-state index < -0.39 is 11.4 Å². The van der Waals surface area contributed by atoms with E-state index in [0.29, 0.717) is 6.16 Å². The van der Waals surface area contributed by atoms with E-state index in [9.17, 15) is 9.90 Å². The molecule has 0 fully saturated rings. The Labute approximate surface area is 125 Å². The monoisotopic (exact) mass is 316 g/mol. The fourth-order valence-electron chi connectivity index (χ4n) is 2.18. The molecule has 0 amide bonds. The predicted molar refractivity (Wildman–Crippen MR) is 75.9 cm³/mol. The van der Waals surface area contributed by atoms with Gasteiger partial charge in [0.05, 0.1) is 0 Å². The van der Waals surface area contributed by atoms with Crippen LogP contribution in [0.15, 0.2) is 60.7 Å². The summed E-state index contributed by atoms with van der Waals surface area (Å²) in [6.45, 7) is 0. The zero-order valence-electron chi connectivity index (χ0n) is 10.2. The molecule has 1 unspecified atom stereocenters. The SMILES string of the molecule is O=C(O)C(CP)(c1ccccc1)c1ccccc1.[Ni]. The van der Waals surface area contributed by atoms with Gasteiger partial charge in [-0.2, -0.15) is 0 Å². The zero-order chi connectivity index (χ0) is 13.0. The van der Waals surface area contributed by atoms with Crippen LogP contribution in [-0.4, -0.2) is 17.2 Å². The Morgan fingerprint density at radius 2 is 1.32 bits per heavy atom. The molecule has 19 heavy (non-hydrogen) atoms. The molecule has 0 bridgehead atoms. The minimum absolute atomic E-state index is 0. The van der Waals surface area contributed by atoms with Crippen molar-refractivity contribution in [2.45, 2.75) is 5.41 Å². The second-order valence-electron chi connectivity index (χ2n) is 4.15. The molecular weight excluding hydrogens is 302 g/mol. The molecule has 2 nitrogen and oxygen atoms in total. The van der Waals surface area contributed by atoms with Crippen molar-refractivity contribution in [3.8, 4) is 0 Å². The van der Waals surface area contributed by atoms with E-state index in [2.05, 4.69) is 9.24 Å². The van der Waals surface area contributed by atoms with Crippen molar-refractivity contribution in [1.29, 1.82) is 0 Å². The number of benzene rings is 2. The second-order valence-corrected chi connectivity index (χ2v) is 4.55. The number of carboxylic acid groups (broad SMARTS) is 1. The Hall–Kier alpha value is -1.17. The summed E-state index contributed by atoms with van der Waals surface area (Å²) in [5.41, 5.74) is 0.616. The molecule has 0 aliphatic heterocycles. The number of rotatable bonds is 4. The molecule has 1 atom stereocenters. The van der Waals surface area contributed by atoms with Crippen molar-refractivity contribution in [1.82, 2.24) is 0 Å². The summed E-state index contributed by atoms with van der Waals surface area (Å²) in [4.78, 5) is 11.8. The molecule has 0 aliphatic carbocycles. The third kappa shape index (κ3) is 2.88. The Bertz CT molecular complexity index is 489. The van der Waals surface area contributed by atoms with Gasteiger partial charge in [0, 0.05) is 16.5 Å². The van der Waals surface area contributed by atoms with Gasteiger partial charge in [-0.3, -0.25) is 4.79 Å². The Morgan fingerprint density at radius 1 is 0.947 bits per heavy atom. The van der Waals surface area contributed by atoms with Crippen molar-refractivity contribution < 1.29 is 26.4 Å². The maximum atomic E-state index is 11.8. The van der Waals surface area contributed by atoms with Crippen LogP contribution >= 0.6 is 9.24 Å². The molecule has 0 radical (unpaired) electrons. The summed E-state index contributed by atoms with van der Waals surface area (Å²) in [5.74, 6) is -0.824. The van der Waals surface area contributed by atoms with Gasteiger partial charge in [0.1, 0.15) is 5.41 Å². The molecule has 4 heteroatoms. The first-order valence-electron chi connectivity index (χ1n) is 5.76. The van der Waals surface area contributed by atoms with Crippen LogP contribution < -0.4 is 0 Å². The van der Waals surface area contributed by atoms with Gasteiger partial charge < -0.3 is 5.11 Å². The van der Waals surface area contributed by atoms with Crippen LogP contribution in [0.3, 0.4) is 0 Å². The molecular formula is C15H15NiO2P. The van der Waals surface area contributed by atoms with E-state index in [1.165, 1.54) is 0 Å². The first kappa shape index (κ1) is 15.9. The molecule has 0 aliphatic rings. The van der Waals surface area contributed by atoms with Crippen molar-refractivity contribution in [2.75, 3.05) is 6.16 Å². The van der Waals surface area contributed by atoms with Crippen LogP contribution in [-0.2, 0) is 26.7 Å². The summed E-state index contributed by atoms with van der Waals surface area (Å²) in [6, 6.07) is 18.7. The fraction of sp³-hybridized carbons (Fsp3) is 0.133. The number of hydrogen-bond donors (Lipinski definition) is 1. The molecule has 0 saturated carbocycles. The molecule has 2 aromatic rings. The van der Waals surface area contributed by atoms with Gasteiger partial charge in [-0.25, -0.2) is 0 Å². The predicted octanol–water partition coefficient (Wildman–Crippen LogP) is 2.93. The zero-order valence-corrected chi connectivity index (χ0v) is 12.4. The fourth-order valence-corrected chi connectivity index (χ4v) is 2.83. The smallest absolute Gasteiger partial charge is 0.318 e. The van der Waals surface area contributed by atoms with Crippen molar-refractivity contribution >= 4 is 15.2 Å². The first-order chi connectivity index (χ1) is 8.71. The first-order valence-corrected chi connectivity index (χ1v) is 6.58. The average molecular weight is 317 g/mol. The summed E-state index contributed by atoms with van der Waals surface area (Å²) in [6.07, 6.45) is 0.441. The third-order valence-electron chi connectivity index (χ3n) is 3.20. The van der Waals surface area contributed by atoms with E-state index in [1.807, 2.05) is 60.7 Å². The molecule has 0 spiro atoms. The molecule has 0 heterocycles. The van der Waals surface area contributed by atoms with E-state index in [0.717, 1.165) is 11.1 Å². The largest absolute Gasteiger partial charge is 0.480 e. The molecule has 0 saturated heterocycles. The van der Waals surface area contributed by atoms with Gasteiger partial charge in [-0.1, -0.05) is 60.7 Å². The van der Waals surface area contributed by atoms with Crippen LogP contribution in [0, 0.1) is 0 Å². The summed E-state index contributed by atoms with van der Waals surface area (Å²) in [5, 5.41) is 9.72. The Kier molecular flexibility index (Phi) is 5.72. The normalized spacial score (nSPS) is 10.6. The molecule has 2 rings (SSSR count). The van der Waals surface area contributed by atoms with Gasteiger partial charge in [0.25, 0.3) is 0 Å². The maximum Gasteiger partial charge on any atom is 0.318 e.